The van der Waals surface area contributed by atoms with E-state index in [9.17, 15) is 0 Å². The SMILES string of the molecule is S=c1nc(-c2ccco2)[nH]c(-c2ccccc2)c1Br. The zero-order valence-corrected chi connectivity index (χ0v) is 12.2. The van der Waals surface area contributed by atoms with Crippen LogP contribution in [-0.2, 0) is 0 Å². The van der Waals surface area contributed by atoms with Crippen molar-refractivity contribution < 1.29 is 4.42 Å². The molecule has 1 N–H and O–H groups in total. The molecule has 0 aliphatic carbocycles. The van der Waals surface area contributed by atoms with Crippen molar-refractivity contribution in [2.24, 2.45) is 0 Å². The van der Waals surface area contributed by atoms with Gasteiger partial charge in [0.05, 0.1) is 16.4 Å². The van der Waals surface area contributed by atoms with Crippen LogP contribution in [0.15, 0.2) is 57.6 Å². The molecule has 0 aliphatic rings. The van der Waals surface area contributed by atoms with E-state index in [0.29, 0.717) is 16.2 Å². The van der Waals surface area contributed by atoms with Gasteiger partial charge in [-0.1, -0.05) is 42.5 Å². The smallest absolute Gasteiger partial charge is 0.175 e. The molecule has 0 atom stereocenters. The van der Waals surface area contributed by atoms with Gasteiger partial charge < -0.3 is 9.40 Å². The molecule has 5 heteroatoms. The van der Waals surface area contributed by atoms with Crippen LogP contribution in [0.1, 0.15) is 0 Å². The quantitative estimate of drug-likeness (QED) is 0.683. The first kappa shape index (κ1) is 12.3. The summed E-state index contributed by atoms with van der Waals surface area (Å²) in [4.78, 5) is 7.57. The van der Waals surface area contributed by atoms with E-state index in [1.807, 2.05) is 42.5 Å². The number of halogens is 1. The predicted octanol–water partition coefficient (Wildman–Crippen LogP) is 4.83. The van der Waals surface area contributed by atoms with Gasteiger partial charge in [0, 0.05) is 0 Å². The first-order valence-corrected chi connectivity index (χ1v) is 6.85. The Morgan fingerprint density at radius 1 is 1.11 bits per heavy atom. The first-order chi connectivity index (χ1) is 9.25. The van der Waals surface area contributed by atoms with Gasteiger partial charge in [0.1, 0.15) is 4.64 Å². The number of nitrogens with one attached hydrogen (secondary N) is 1. The summed E-state index contributed by atoms with van der Waals surface area (Å²) >= 11 is 8.77. The summed E-state index contributed by atoms with van der Waals surface area (Å²) in [6.45, 7) is 0. The first-order valence-electron chi connectivity index (χ1n) is 5.65. The van der Waals surface area contributed by atoms with E-state index >= 15 is 0 Å². The van der Waals surface area contributed by atoms with Gasteiger partial charge in [-0.3, -0.25) is 0 Å². The van der Waals surface area contributed by atoms with Crippen LogP contribution in [0.2, 0.25) is 0 Å². The molecule has 3 aromatic rings. The molecule has 3 rings (SSSR count). The number of hydrogen-bond donors (Lipinski definition) is 1. The van der Waals surface area contributed by atoms with Crippen LogP contribution in [0, 0.1) is 4.64 Å². The molecule has 0 spiro atoms. The van der Waals surface area contributed by atoms with Crippen LogP contribution >= 0.6 is 28.1 Å². The van der Waals surface area contributed by atoms with Gasteiger partial charge in [-0.2, -0.15) is 0 Å². The largest absolute Gasteiger partial charge is 0.461 e. The van der Waals surface area contributed by atoms with E-state index in [-0.39, 0.29) is 0 Å². The summed E-state index contributed by atoms with van der Waals surface area (Å²) in [7, 11) is 0. The van der Waals surface area contributed by atoms with Crippen molar-refractivity contribution in [1.82, 2.24) is 9.97 Å². The Kier molecular flexibility index (Phi) is 3.31. The zero-order chi connectivity index (χ0) is 13.2. The number of aromatic nitrogens is 2. The van der Waals surface area contributed by atoms with Crippen molar-refractivity contribution in [1.29, 1.82) is 0 Å². The molecule has 2 heterocycles. The Balaban J connectivity index is 2.23. The minimum absolute atomic E-state index is 0.504. The van der Waals surface area contributed by atoms with Crippen LogP contribution in [0.4, 0.5) is 0 Å². The Labute approximate surface area is 123 Å². The molecule has 94 valence electrons. The number of furan rings is 1. The number of H-pyrrole nitrogens is 1. The molecule has 0 fully saturated rings. The van der Waals surface area contributed by atoms with E-state index in [4.69, 9.17) is 16.6 Å². The third kappa shape index (κ3) is 2.39. The molecule has 19 heavy (non-hydrogen) atoms. The lowest BCUT2D eigenvalue weighted by molar-refractivity contribution is 0.577. The topological polar surface area (TPSA) is 41.8 Å². The number of aromatic amines is 1. The number of nitrogens with zero attached hydrogens (tertiary/aromatic N) is 1. The number of benzene rings is 1. The fourth-order valence-corrected chi connectivity index (χ4v) is 2.40. The van der Waals surface area contributed by atoms with Gasteiger partial charge in [-0.05, 0) is 33.6 Å². The molecule has 0 aliphatic heterocycles. The van der Waals surface area contributed by atoms with E-state index < -0.39 is 0 Å². The molecule has 2 aromatic heterocycles. The average Bonchev–Trinajstić information content (AvgIpc) is 2.97. The van der Waals surface area contributed by atoms with Crippen LogP contribution in [0.5, 0.6) is 0 Å². The van der Waals surface area contributed by atoms with Gasteiger partial charge in [0.2, 0.25) is 0 Å². The lowest BCUT2D eigenvalue weighted by Gasteiger charge is -2.07. The fraction of sp³-hybridized carbons (Fsp3) is 0. The van der Waals surface area contributed by atoms with Gasteiger partial charge in [0.15, 0.2) is 11.6 Å². The van der Waals surface area contributed by atoms with Crippen molar-refractivity contribution in [3.63, 3.8) is 0 Å². The maximum atomic E-state index is 5.35. The summed E-state index contributed by atoms with van der Waals surface area (Å²) in [5, 5.41) is 0. The fourth-order valence-electron chi connectivity index (χ4n) is 1.79. The standard InChI is InChI=1S/C14H9BrN2OS/c15-11-12(9-5-2-1-3-6-9)16-13(17-14(11)19)10-7-4-8-18-10/h1-8H,(H,16,17,19). The minimum atomic E-state index is 0.504. The van der Waals surface area contributed by atoms with Crippen LogP contribution < -0.4 is 0 Å². The highest BCUT2D eigenvalue weighted by Crippen LogP contribution is 2.29. The Hall–Kier alpha value is -1.72. The second-order valence-corrected chi connectivity index (χ2v) is 5.10. The Morgan fingerprint density at radius 2 is 1.89 bits per heavy atom. The third-order valence-corrected chi connectivity index (χ3v) is 4.01. The second kappa shape index (κ2) is 5.11. The molecule has 0 saturated carbocycles. The lowest BCUT2D eigenvalue weighted by Crippen LogP contribution is -1.94. The van der Waals surface area contributed by atoms with Crippen LogP contribution in [-0.4, -0.2) is 9.97 Å². The summed E-state index contributed by atoms with van der Waals surface area (Å²) < 4.78 is 6.64. The van der Waals surface area contributed by atoms with Crippen molar-refractivity contribution in [3.8, 4) is 22.8 Å². The number of rotatable bonds is 2. The predicted molar refractivity (Wildman–Crippen MR) is 80.3 cm³/mol. The summed E-state index contributed by atoms with van der Waals surface area (Å²) in [5.74, 6) is 1.29. The summed E-state index contributed by atoms with van der Waals surface area (Å²) in [6.07, 6.45) is 1.61. The van der Waals surface area contributed by atoms with E-state index in [1.54, 1.807) is 6.26 Å². The maximum Gasteiger partial charge on any atom is 0.175 e. The molecular formula is C14H9BrN2OS. The molecule has 0 unspecified atom stereocenters. The van der Waals surface area contributed by atoms with Crippen LogP contribution in [0.3, 0.4) is 0 Å². The van der Waals surface area contributed by atoms with Gasteiger partial charge in [-0.15, -0.1) is 0 Å². The molecule has 0 saturated heterocycles. The van der Waals surface area contributed by atoms with Crippen molar-refractivity contribution in [2.75, 3.05) is 0 Å². The van der Waals surface area contributed by atoms with Crippen molar-refractivity contribution >= 4 is 28.1 Å². The summed E-state index contributed by atoms with van der Waals surface area (Å²) in [6, 6.07) is 13.6. The van der Waals surface area contributed by atoms with E-state index in [0.717, 1.165) is 15.7 Å². The highest BCUT2D eigenvalue weighted by molar-refractivity contribution is 9.10. The van der Waals surface area contributed by atoms with Gasteiger partial charge in [0.25, 0.3) is 0 Å². The van der Waals surface area contributed by atoms with Crippen molar-refractivity contribution in [2.45, 2.75) is 0 Å². The van der Waals surface area contributed by atoms with Gasteiger partial charge in [-0.25, -0.2) is 4.98 Å². The molecular weight excluding hydrogens is 324 g/mol. The Bertz CT molecular complexity index is 751. The normalized spacial score (nSPS) is 10.6. The number of hydrogen-bond acceptors (Lipinski definition) is 3. The average molecular weight is 333 g/mol. The maximum absolute atomic E-state index is 5.35. The Morgan fingerprint density at radius 3 is 2.58 bits per heavy atom. The molecule has 0 amide bonds. The highest BCUT2D eigenvalue weighted by atomic mass is 79.9. The van der Waals surface area contributed by atoms with E-state index in [2.05, 4.69) is 25.9 Å². The molecule has 3 nitrogen and oxygen atoms in total. The third-order valence-electron chi connectivity index (χ3n) is 2.68. The second-order valence-electron chi connectivity index (χ2n) is 3.92. The van der Waals surface area contributed by atoms with E-state index in [1.165, 1.54) is 0 Å². The monoisotopic (exact) mass is 332 g/mol. The van der Waals surface area contributed by atoms with Crippen LogP contribution in [0.25, 0.3) is 22.8 Å². The summed E-state index contributed by atoms with van der Waals surface area (Å²) in [5.41, 5.74) is 1.93. The zero-order valence-electron chi connectivity index (χ0n) is 9.76. The lowest BCUT2D eigenvalue weighted by atomic mass is 10.1. The highest BCUT2D eigenvalue weighted by Gasteiger charge is 2.11. The minimum Gasteiger partial charge on any atom is -0.461 e. The van der Waals surface area contributed by atoms with Crippen molar-refractivity contribution in [3.05, 3.63) is 57.8 Å². The molecule has 0 radical (unpaired) electrons. The molecule has 0 bridgehead atoms. The molecule has 1 aromatic carbocycles. The van der Waals surface area contributed by atoms with Gasteiger partial charge >= 0.3 is 0 Å².